The fourth-order valence-corrected chi connectivity index (χ4v) is 7.93. The molecule has 1 amide bonds. The third kappa shape index (κ3) is 4.16. The average Bonchev–Trinajstić information content (AvgIpc) is 3.35. The van der Waals surface area contributed by atoms with Gasteiger partial charge in [-0.05, 0) is 77.4 Å². The van der Waals surface area contributed by atoms with Gasteiger partial charge in [-0.15, -0.1) is 0 Å². The Labute approximate surface area is 178 Å². The van der Waals surface area contributed by atoms with E-state index in [2.05, 4.69) is 22.4 Å². The number of aromatic nitrogens is 1. The standard InChI is InChI=1S/C21H32N4O4S/c1-24-8-6-14(7-9-24)13-30(27,28)25-17-4-5-18(25)11-16(10-17)22-21(26)19-12-20(29-23-19)15-2-3-15/h12,14-18H,2-11,13H2,1H3,(H,22,26)/t16?,17-,18+. The summed E-state index contributed by atoms with van der Waals surface area (Å²) >= 11 is 0. The average molecular weight is 437 g/mol. The zero-order valence-electron chi connectivity index (χ0n) is 17.6. The molecule has 3 atom stereocenters. The fraction of sp³-hybridized carbons (Fsp3) is 0.810. The monoisotopic (exact) mass is 436 g/mol. The van der Waals surface area contributed by atoms with Gasteiger partial charge in [0, 0.05) is 30.1 Å². The van der Waals surface area contributed by atoms with Gasteiger partial charge in [-0.2, -0.15) is 4.31 Å². The number of carbonyl (C=O) groups is 1. The SMILES string of the molecule is CN1CCC(CS(=O)(=O)N2[C@@H]3CC[C@H]2CC(NC(=O)c2cc(C4CC4)on2)C3)CC1. The first-order valence-electron chi connectivity index (χ1n) is 11.4. The van der Waals surface area contributed by atoms with Crippen molar-refractivity contribution in [1.82, 2.24) is 19.7 Å². The molecule has 3 saturated heterocycles. The number of piperidine rings is 2. The number of amides is 1. The summed E-state index contributed by atoms with van der Waals surface area (Å²) < 4.78 is 33.5. The van der Waals surface area contributed by atoms with Crippen molar-refractivity contribution in [3.63, 3.8) is 0 Å². The molecule has 8 nitrogen and oxygen atoms in total. The van der Waals surface area contributed by atoms with E-state index in [4.69, 9.17) is 4.52 Å². The Morgan fingerprint density at radius 2 is 1.80 bits per heavy atom. The van der Waals surface area contributed by atoms with Crippen LogP contribution in [-0.2, 0) is 10.0 Å². The first-order valence-corrected chi connectivity index (χ1v) is 13.0. The van der Waals surface area contributed by atoms with Crippen molar-refractivity contribution in [2.75, 3.05) is 25.9 Å². The molecule has 4 heterocycles. The van der Waals surface area contributed by atoms with Gasteiger partial charge in [0.1, 0.15) is 5.76 Å². The van der Waals surface area contributed by atoms with E-state index in [1.54, 1.807) is 10.4 Å². The van der Waals surface area contributed by atoms with Crippen LogP contribution in [0.5, 0.6) is 0 Å². The van der Waals surface area contributed by atoms with Gasteiger partial charge in [0.25, 0.3) is 5.91 Å². The number of fused-ring (bicyclic) bond motifs is 2. The molecule has 4 aliphatic rings. The van der Waals surface area contributed by atoms with E-state index in [1.807, 2.05) is 0 Å². The van der Waals surface area contributed by atoms with Crippen LogP contribution in [-0.4, -0.2) is 72.7 Å². The fourth-order valence-electron chi connectivity index (χ4n) is 5.53. The molecule has 2 bridgehead atoms. The van der Waals surface area contributed by atoms with Crippen molar-refractivity contribution in [2.24, 2.45) is 5.92 Å². The smallest absolute Gasteiger partial charge is 0.273 e. The molecule has 1 aliphatic carbocycles. The highest BCUT2D eigenvalue weighted by Gasteiger charge is 2.47. The Bertz CT molecular complexity index is 875. The molecule has 4 fully saturated rings. The van der Waals surface area contributed by atoms with Crippen LogP contribution in [0.3, 0.4) is 0 Å². The highest BCUT2D eigenvalue weighted by atomic mass is 32.2. The van der Waals surface area contributed by atoms with Crippen LogP contribution in [0.2, 0.25) is 0 Å². The maximum Gasteiger partial charge on any atom is 0.273 e. The van der Waals surface area contributed by atoms with Gasteiger partial charge in [-0.25, -0.2) is 8.42 Å². The zero-order valence-corrected chi connectivity index (χ0v) is 18.4. The lowest BCUT2D eigenvalue weighted by molar-refractivity contribution is 0.0900. The molecular formula is C21H32N4O4S. The second kappa shape index (κ2) is 7.91. The molecule has 3 aliphatic heterocycles. The number of likely N-dealkylation sites (tertiary alicyclic amines) is 1. The number of hydrogen-bond acceptors (Lipinski definition) is 6. The second-order valence-corrected chi connectivity index (χ2v) is 11.7. The predicted molar refractivity (Wildman–Crippen MR) is 112 cm³/mol. The van der Waals surface area contributed by atoms with Crippen molar-refractivity contribution in [3.8, 4) is 0 Å². The van der Waals surface area contributed by atoms with Crippen LogP contribution < -0.4 is 5.32 Å². The van der Waals surface area contributed by atoms with Crippen molar-refractivity contribution in [2.45, 2.75) is 75.4 Å². The maximum absolute atomic E-state index is 13.2. The minimum Gasteiger partial charge on any atom is -0.360 e. The molecule has 1 saturated carbocycles. The summed E-state index contributed by atoms with van der Waals surface area (Å²) in [7, 11) is -1.17. The molecule has 166 valence electrons. The summed E-state index contributed by atoms with van der Waals surface area (Å²) in [6.07, 6.45) is 7.26. The summed E-state index contributed by atoms with van der Waals surface area (Å²) in [6.45, 7) is 1.96. The molecule has 9 heteroatoms. The molecule has 1 aromatic rings. The number of nitrogens with one attached hydrogen (secondary N) is 1. The van der Waals surface area contributed by atoms with Gasteiger partial charge in [0.05, 0.1) is 5.75 Å². The molecule has 0 radical (unpaired) electrons. The summed E-state index contributed by atoms with van der Waals surface area (Å²) in [6, 6.07) is 1.75. The van der Waals surface area contributed by atoms with Crippen molar-refractivity contribution in [3.05, 3.63) is 17.5 Å². The maximum atomic E-state index is 13.2. The molecule has 0 aromatic carbocycles. The van der Waals surface area contributed by atoms with Gasteiger partial charge >= 0.3 is 0 Å². The molecular weight excluding hydrogens is 404 g/mol. The van der Waals surface area contributed by atoms with Crippen molar-refractivity contribution >= 4 is 15.9 Å². The number of rotatable bonds is 6. The number of nitrogens with zero attached hydrogens (tertiary/aromatic N) is 3. The summed E-state index contributed by atoms with van der Waals surface area (Å²) in [5.41, 5.74) is 0.335. The molecule has 0 spiro atoms. The Balaban J connectivity index is 1.19. The number of carbonyl (C=O) groups excluding carboxylic acids is 1. The highest BCUT2D eigenvalue weighted by Crippen LogP contribution is 2.41. The largest absolute Gasteiger partial charge is 0.360 e. The van der Waals surface area contributed by atoms with Crippen LogP contribution in [0.15, 0.2) is 10.6 Å². The zero-order chi connectivity index (χ0) is 20.9. The lowest BCUT2D eigenvalue weighted by atomic mass is 9.99. The lowest BCUT2D eigenvalue weighted by Gasteiger charge is -2.39. The Kier molecular flexibility index (Phi) is 5.39. The molecule has 1 aromatic heterocycles. The normalized spacial score (nSPS) is 31.2. The Hall–Kier alpha value is -1.45. The van der Waals surface area contributed by atoms with Gasteiger partial charge in [-0.3, -0.25) is 4.79 Å². The molecule has 5 rings (SSSR count). The van der Waals surface area contributed by atoms with E-state index < -0.39 is 10.0 Å². The topological polar surface area (TPSA) is 95.8 Å². The van der Waals surface area contributed by atoms with Crippen LogP contribution in [0.4, 0.5) is 0 Å². The predicted octanol–water partition coefficient (Wildman–Crippen LogP) is 1.95. The molecule has 1 unspecified atom stereocenters. The van der Waals surface area contributed by atoms with Crippen LogP contribution >= 0.6 is 0 Å². The third-order valence-corrected chi connectivity index (χ3v) is 9.48. The van der Waals surface area contributed by atoms with Gasteiger partial charge in [0.2, 0.25) is 10.0 Å². The number of hydrogen-bond donors (Lipinski definition) is 1. The Morgan fingerprint density at radius 3 is 2.43 bits per heavy atom. The van der Waals surface area contributed by atoms with Crippen LogP contribution in [0.1, 0.15) is 73.5 Å². The summed E-state index contributed by atoms with van der Waals surface area (Å²) in [5.74, 6) is 1.55. The first-order chi connectivity index (χ1) is 14.4. The van der Waals surface area contributed by atoms with Crippen LogP contribution in [0.25, 0.3) is 0 Å². The van der Waals surface area contributed by atoms with E-state index in [-0.39, 0.29) is 35.7 Å². The molecule has 1 N–H and O–H groups in total. The van der Waals surface area contributed by atoms with E-state index in [0.717, 1.165) is 57.4 Å². The first kappa shape index (κ1) is 20.5. The minimum atomic E-state index is -3.26. The number of sulfonamides is 1. The Morgan fingerprint density at radius 1 is 1.13 bits per heavy atom. The minimum absolute atomic E-state index is 0.00430. The van der Waals surface area contributed by atoms with Crippen molar-refractivity contribution < 1.29 is 17.7 Å². The summed E-state index contributed by atoms with van der Waals surface area (Å²) in [4.78, 5) is 14.9. The van der Waals surface area contributed by atoms with Crippen molar-refractivity contribution in [1.29, 1.82) is 0 Å². The second-order valence-electron chi connectivity index (χ2n) is 9.77. The van der Waals surface area contributed by atoms with Gasteiger partial charge in [-0.1, -0.05) is 5.16 Å². The highest BCUT2D eigenvalue weighted by molar-refractivity contribution is 7.89. The van der Waals surface area contributed by atoms with Gasteiger partial charge < -0.3 is 14.7 Å². The van der Waals surface area contributed by atoms with E-state index >= 15 is 0 Å². The van der Waals surface area contributed by atoms with E-state index in [9.17, 15) is 13.2 Å². The molecule has 30 heavy (non-hydrogen) atoms. The lowest BCUT2D eigenvalue weighted by Crippen LogP contribution is -2.53. The quantitative estimate of drug-likeness (QED) is 0.732. The van der Waals surface area contributed by atoms with E-state index in [1.165, 1.54) is 0 Å². The third-order valence-electron chi connectivity index (χ3n) is 7.35. The van der Waals surface area contributed by atoms with E-state index in [0.29, 0.717) is 24.5 Å². The summed E-state index contributed by atoms with van der Waals surface area (Å²) in [5, 5.41) is 7.00. The van der Waals surface area contributed by atoms with Crippen LogP contribution in [0, 0.1) is 5.92 Å². The van der Waals surface area contributed by atoms with Gasteiger partial charge in [0.15, 0.2) is 5.69 Å².